The van der Waals surface area contributed by atoms with Gasteiger partial charge in [0, 0.05) is 50.9 Å². The molecule has 0 aromatic rings. The summed E-state index contributed by atoms with van der Waals surface area (Å²) in [5.74, 6) is 0.171. The Morgan fingerprint density at radius 1 is 0.897 bits per heavy atom. The summed E-state index contributed by atoms with van der Waals surface area (Å²) < 4.78 is 0. The molecule has 3 fully saturated rings. The summed E-state index contributed by atoms with van der Waals surface area (Å²) in [6.45, 7) is 16.3. The number of hydrogen-bond donors (Lipinski definition) is 2. The Morgan fingerprint density at radius 2 is 1.38 bits per heavy atom. The summed E-state index contributed by atoms with van der Waals surface area (Å²) in [5.41, 5.74) is 0.719. The Balaban J connectivity index is 0.000000321. The Bertz CT molecular complexity index is 547. The maximum absolute atomic E-state index is 9.55. The first-order valence-electron chi connectivity index (χ1n) is 11.2. The van der Waals surface area contributed by atoms with E-state index in [9.17, 15) is 9.59 Å². The second kappa shape index (κ2) is 10.6. The van der Waals surface area contributed by atoms with Crippen LogP contribution >= 0.6 is 0 Å². The summed E-state index contributed by atoms with van der Waals surface area (Å²) in [6, 6.07) is 0.729. The second-order valence-electron chi connectivity index (χ2n) is 9.86. The first-order valence-corrected chi connectivity index (χ1v) is 11.2. The van der Waals surface area contributed by atoms with E-state index in [0.29, 0.717) is 12.2 Å². The van der Waals surface area contributed by atoms with Crippen molar-refractivity contribution >= 4 is 11.9 Å². The number of likely N-dealkylation sites (tertiary alicyclic amines) is 2. The van der Waals surface area contributed by atoms with E-state index in [-0.39, 0.29) is 0 Å². The second-order valence-corrected chi connectivity index (χ2v) is 9.86. The minimum atomic E-state index is -1.26. The van der Waals surface area contributed by atoms with Crippen molar-refractivity contribution in [1.29, 1.82) is 0 Å². The van der Waals surface area contributed by atoms with Gasteiger partial charge in [0.05, 0.1) is 0 Å². The summed E-state index contributed by atoms with van der Waals surface area (Å²) in [4.78, 5) is 24.7. The highest BCUT2D eigenvalue weighted by Crippen LogP contribution is 2.54. The van der Waals surface area contributed by atoms with Crippen molar-refractivity contribution in [2.45, 2.75) is 65.8 Å². The smallest absolute Gasteiger partial charge is 0.328 e. The highest BCUT2D eigenvalue weighted by Gasteiger charge is 2.53. The lowest BCUT2D eigenvalue weighted by Crippen LogP contribution is -2.64. The van der Waals surface area contributed by atoms with Crippen LogP contribution in [0.15, 0.2) is 12.2 Å². The number of carboxylic acid groups (broad SMARTS) is 2. The maximum atomic E-state index is 9.55. The standard InChI is InChI=1S/C19H36N2.C4H4O4/c1-15(2)10-20-11-17-13-21(16(3)4)14-18(12-20)19(17)8-6-5-7-9-19;5-3(6)1-2-4(7)8/h15-18H,5-14H2,1-4H3;1-2H,(H,5,6)(H,7,8)/b;2-1+. The van der Waals surface area contributed by atoms with Gasteiger partial charge in [0.2, 0.25) is 0 Å². The molecule has 2 aliphatic heterocycles. The molecule has 1 spiro atoms. The highest BCUT2D eigenvalue weighted by atomic mass is 16.4. The predicted octanol–water partition coefficient (Wildman–Crippen LogP) is 3.58. The zero-order valence-corrected chi connectivity index (χ0v) is 18.6. The van der Waals surface area contributed by atoms with E-state index in [1.807, 2.05) is 0 Å². The summed E-state index contributed by atoms with van der Waals surface area (Å²) in [5, 5.41) is 15.6. The third-order valence-corrected chi connectivity index (χ3v) is 7.00. The van der Waals surface area contributed by atoms with Gasteiger partial charge in [-0.05, 0) is 49.9 Å². The zero-order chi connectivity index (χ0) is 21.6. The molecule has 2 N–H and O–H groups in total. The molecular formula is C23H40N2O4. The monoisotopic (exact) mass is 408 g/mol. The third kappa shape index (κ3) is 6.54. The van der Waals surface area contributed by atoms with Gasteiger partial charge in [-0.25, -0.2) is 9.59 Å². The van der Waals surface area contributed by atoms with Crippen molar-refractivity contribution in [2.75, 3.05) is 32.7 Å². The topological polar surface area (TPSA) is 81.1 Å². The Hall–Kier alpha value is -1.40. The number of rotatable bonds is 5. The molecule has 3 rings (SSSR count). The lowest BCUT2D eigenvalue weighted by Gasteiger charge is -2.61. The third-order valence-electron chi connectivity index (χ3n) is 7.00. The molecule has 29 heavy (non-hydrogen) atoms. The maximum Gasteiger partial charge on any atom is 0.328 e. The first-order chi connectivity index (χ1) is 13.6. The van der Waals surface area contributed by atoms with Crippen LogP contribution in [-0.2, 0) is 9.59 Å². The van der Waals surface area contributed by atoms with Gasteiger partial charge in [-0.15, -0.1) is 0 Å². The molecule has 2 heterocycles. The highest BCUT2D eigenvalue weighted by molar-refractivity contribution is 5.89. The molecule has 2 unspecified atom stereocenters. The molecule has 1 saturated carbocycles. The van der Waals surface area contributed by atoms with E-state index in [1.165, 1.54) is 64.8 Å². The van der Waals surface area contributed by atoms with Crippen LogP contribution in [0.25, 0.3) is 0 Å². The van der Waals surface area contributed by atoms with Crippen LogP contribution in [0, 0.1) is 23.2 Å². The Labute approximate surface area is 175 Å². The van der Waals surface area contributed by atoms with Crippen molar-refractivity contribution in [3.8, 4) is 0 Å². The fourth-order valence-electron chi connectivity index (χ4n) is 5.77. The van der Waals surface area contributed by atoms with Crippen molar-refractivity contribution in [2.24, 2.45) is 23.2 Å². The molecular weight excluding hydrogens is 368 g/mol. The summed E-state index contributed by atoms with van der Waals surface area (Å²) in [7, 11) is 0. The SMILES string of the molecule is CC(C)CN1CC2CN(C(C)C)CC(C1)C21CCCCC1.O=C(O)/C=C/C(=O)O. The first kappa shape index (κ1) is 23.9. The minimum Gasteiger partial charge on any atom is -0.478 e. The van der Waals surface area contributed by atoms with Crippen molar-refractivity contribution < 1.29 is 19.8 Å². The zero-order valence-electron chi connectivity index (χ0n) is 18.6. The lowest BCUT2D eigenvalue weighted by atomic mass is 9.55. The van der Waals surface area contributed by atoms with E-state index in [2.05, 4.69) is 37.5 Å². The lowest BCUT2D eigenvalue weighted by molar-refractivity contribution is -0.134. The molecule has 6 nitrogen and oxygen atoms in total. The number of carboxylic acids is 2. The van der Waals surface area contributed by atoms with Crippen molar-refractivity contribution in [1.82, 2.24) is 9.80 Å². The van der Waals surface area contributed by atoms with Crippen LogP contribution < -0.4 is 0 Å². The molecule has 0 aromatic heterocycles. The number of nitrogens with zero attached hydrogens (tertiary/aromatic N) is 2. The number of aliphatic carboxylic acids is 2. The summed E-state index contributed by atoms with van der Waals surface area (Å²) >= 11 is 0. The van der Waals surface area contributed by atoms with Crippen molar-refractivity contribution in [3.63, 3.8) is 0 Å². The van der Waals surface area contributed by atoms with Crippen LogP contribution in [0.1, 0.15) is 59.8 Å². The minimum absolute atomic E-state index is 0.558. The molecule has 0 aromatic carbocycles. The normalized spacial score (nSPS) is 27.2. The fourth-order valence-corrected chi connectivity index (χ4v) is 5.77. The molecule has 166 valence electrons. The van der Waals surface area contributed by atoms with E-state index < -0.39 is 11.9 Å². The van der Waals surface area contributed by atoms with Crippen LogP contribution in [0.3, 0.4) is 0 Å². The van der Waals surface area contributed by atoms with E-state index >= 15 is 0 Å². The van der Waals surface area contributed by atoms with Gasteiger partial charge < -0.3 is 20.0 Å². The van der Waals surface area contributed by atoms with Gasteiger partial charge in [0.25, 0.3) is 0 Å². The average molecular weight is 409 g/mol. The predicted molar refractivity (Wildman–Crippen MR) is 115 cm³/mol. The molecule has 2 atom stereocenters. The van der Waals surface area contributed by atoms with Gasteiger partial charge in [-0.3, -0.25) is 0 Å². The number of hydrogen-bond acceptors (Lipinski definition) is 4. The van der Waals surface area contributed by atoms with Crippen LogP contribution in [-0.4, -0.2) is 70.7 Å². The van der Waals surface area contributed by atoms with Crippen LogP contribution in [0.5, 0.6) is 0 Å². The van der Waals surface area contributed by atoms with E-state index in [4.69, 9.17) is 10.2 Å². The Morgan fingerprint density at radius 3 is 1.76 bits per heavy atom. The van der Waals surface area contributed by atoms with Gasteiger partial charge >= 0.3 is 11.9 Å². The van der Waals surface area contributed by atoms with Gasteiger partial charge in [0.15, 0.2) is 0 Å². The fraction of sp³-hybridized carbons (Fsp3) is 0.826. The average Bonchev–Trinajstić information content (AvgIpc) is 2.61. The number of carbonyl (C=O) groups is 2. The number of piperidine rings is 2. The van der Waals surface area contributed by atoms with E-state index in [1.54, 1.807) is 0 Å². The van der Waals surface area contributed by atoms with E-state index in [0.717, 1.165) is 29.2 Å². The molecule has 3 aliphatic rings. The van der Waals surface area contributed by atoms with Gasteiger partial charge in [-0.1, -0.05) is 33.1 Å². The quantitative estimate of drug-likeness (QED) is 0.677. The molecule has 6 heteroatoms. The van der Waals surface area contributed by atoms with Crippen LogP contribution in [0.2, 0.25) is 0 Å². The van der Waals surface area contributed by atoms with Crippen molar-refractivity contribution in [3.05, 3.63) is 12.2 Å². The van der Waals surface area contributed by atoms with Gasteiger partial charge in [0.1, 0.15) is 0 Å². The molecule has 0 radical (unpaired) electrons. The van der Waals surface area contributed by atoms with Gasteiger partial charge in [-0.2, -0.15) is 0 Å². The van der Waals surface area contributed by atoms with Crippen LogP contribution in [0.4, 0.5) is 0 Å². The summed E-state index contributed by atoms with van der Waals surface area (Å²) in [6.07, 6.45) is 8.67. The Kier molecular flexibility index (Phi) is 8.71. The molecule has 1 aliphatic carbocycles. The molecule has 2 saturated heterocycles. The molecule has 2 bridgehead atoms. The molecule has 0 amide bonds. The largest absolute Gasteiger partial charge is 0.478 e.